The first-order valence-corrected chi connectivity index (χ1v) is 6.32. The minimum atomic E-state index is 0. The molecule has 1 aromatic rings. The molecule has 4 nitrogen and oxygen atoms in total. The minimum absolute atomic E-state index is 0. The first-order valence-electron chi connectivity index (χ1n) is 6.32. The Balaban J connectivity index is 0.00000180. The lowest BCUT2D eigenvalue weighted by Crippen LogP contribution is -2.31. The van der Waals surface area contributed by atoms with Crippen molar-refractivity contribution in [2.75, 3.05) is 20.2 Å². The van der Waals surface area contributed by atoms with Gasteiger partial charge >= 0.3 is 0 Å². The first-order chi connectivity index (χ1) is 8.70. The van der Waals surface area contributed by atoms with E-state index in [1.54, 1.807) is 7.11 Å². The molecule has 1 aromatic carbocycles. The van der Waals surface area contributed by atoms with Gasteiger partial charge in [0.15, 0.2) is 0 Å². The van der Waals surface area contributed by atoms with Crippen LogP contribution in [0.15, 0.2) is 18.2 Å². The summed E-state index contributed by atoms with van der Waals surface area (Å²) >= 11 is 0. The highest BCUT2D eigenvalue weighted by Crippen LogP contribution is 2.19. The second-order valence-corrected chi connectivity index (χ2v) is 4.71. The Labute approximate surface area is 120 Å². The number of benzene rings is 1. The van der Waals surface area contributed by atoms with E-state index in [1.807, 2.05) is 25.1 Å². The minimum Gasteiger partial charge on any atom is -0.496 e. The van der Waals surface area contributed by atoms with Gasteiger partial charge in [0, 0.05) is 13.1 Å². The number of methoxy groups -OCH3 is 1. The standard InChI is InChI=1S/C14H20N2O2.ClH/c1-10-3-4-11(7-13(10)18-2)8-16-14(17)12-5-6-15-9-12;/h3-4,7,12,15H,5-6,8-9H2,1-2H3,(H,16,17);1H. The molecule has 106 valence electrons. The molecule has 0 saturated carbocycles. The third kappa shape index (κ3) is 4.11. The Hall–Kier alpha value is -1.26. The van der Waals surface area contributed by atoms with Crippen molar-refractivity contribution >= 4 is 18.3 Å². The third-order valence-corrected chi connectivity index (χ3v) is 3.37. The molecule has 1 fully saturated rings. The highest BCUT2D eigenvalue weighted by atomic mass is 35.5. The van der Waals surface area contributed by atoms with E-state index < -0.39 is 0 Å². The van der Waals surface area contributed by atoms with Gasteiger partial charge in [-0.2, -0.15) is 0 Å². The van der Waals surface area contributed by atoms with Gasteiger partial charge in [-0.1, -0.05) is 12.1 Å². The van der Waals surface area contributed by atoms with Gasteiger partial charge in [0.05, 0.1) is 13.0 Å². The normalized spacial score (nSPS) is 17.7. The molecule has 1 amide bonds. The highest BCUT2D eigenvalue weighted by Gasteiger charge is 2.21. The zero-order chi connectivity index (χ0) is 13.0. The second kappa shape index (κ2) is 7.36. The Bertz CT molecular complexity index is 431. The lowest BCUT2D eigenvalue weighted by Gasteiger charge is -2.11. The van der Waals surface area contributed by atoms with Crippen LogP contribution in [0.25, 0.3) is 0 Å². The number of hydrogen-bond acceptors (Lipinski definition) is 3. The van der Waals surface area contributed by atoms with Gasteiger partial charge in [0.25, 0.3) is 0 Å². The molecule has 2 rings (SSSR count). The van der Waals surface area contributed by atoms with Crippen LogP contribution in [0.3, 0.4) is 0 Å². The number of nitrogens with one attached hydrogen (secondary N) is 2. The summed E-state index contributed by atoms with van der Waals surface area (Å²) in [5, 5.41) is 6.17. The van der Waals surface area contributed by atoms with Gasteiger partial charge in [-0.05, 0) is 37.1 Å². The summed E-state index contributed by atoms with van der Waals surface area (Å²) in [5.41, 5.74) is 2.17. The molecule has 0 aromatic heterocycles. The smallest absolute Gasteiger partial charge is 0.224 e. The van der Waals surface area contributed by atoms with E-state index in [9.17, 15) is 4.79 Å². The van der Waals surface area contributed by atoms with Crippen LogP contribution in [0, 0.1) is 12.8 Å². The Morgan fingerprint density at radius 3 is 2.95 bits per heavy atom. The van der Waals surface area contributed by atoms with Crippen LogP contribution in [0.1, 0.15) is 17.5 Å². The fraction of sp³-hybridized carbons (Fsp3) is 0.500. The quantitative estimate of drug-likeness (QED) is 0.884. The summed E-state index contributed by atoms with van der Waals surface area (Å²) in [7, 11) is 1.66. The summed E-state index contributed by atoms with van der Waals surface area (Å²) in [5.74, 6) is 1.13. The summed E-state index contributed by atoms with van der Waals surface area (Å²) in [4.78, 5) is 11.9. The van der Waals surface area contributed by atoms with Crippen molar-refractivity contribution in [3.63, 3.8) is 0 Å². The van der Waals surface area contributed by atoms with Gasteiger partial charge in [0.2, 0.25) is 5.91 Å². The first kappa shape index (κ1) is 15.8. The molecule has 1 aliphatic heterocycles. The largest absolute Gasteiger partial charge is 0.496 e. The highest BCUT2D eigenvalue weighted by molar-refractivity contribution is 5.85. The predicted molar refractivity (Wildman–Crippen MR) is 77.8 cm³/mol. The van der Waals surface area contributed by atoms with E-state index in [-0.39, 0.29) is 24.2 Å². The van der Waals surface area contributed by atoms with E-state index in [0.29, 0.717) is 6.54 Å². The van der Waals surface area contributed by atoms with Crippen LogP contribution in [-0.4, -0.2) is 26.1 Å². The van der Waals surface area contributed by atoms with Gasteiger partial charge in [0.1, 0.15) is 5.75 Å². The molecule has 5 heteroatoms. The molecule has 2 N–H and O–H groups in total. The van der Waals surface area contributed by atoms with E-state index in [0.717, 1.165) is 36.4 Å². The molecule has 0 radical (unpaired) electrons. The Kier molecular flexibility index (Phi) is 6.12. The van der Waals surface area contributed by atoms with Crippen molar-refractivity contribution in [1.82, 2.24) is 10.6 Å². The van der Waals surface area contributed by atoms with Gasteiger partial charge < -0.3 is 15.4 Å². The van der Waals surface area contributed by atoms with Gasteiger partial charge in [-0.15, -0.1) is 12.4 Å². The lowest BCUT2D eigenvalue weighted by molar-refractivity contribution is -0.124. The average Bonchev–Trinajstić information content (AvgIpc) is 2.91. The number of halogens is 1. The molecule has 19 heavy (non-hydrogen) atoms. The molecule has 0 spiro atoms. The van der Waals surface area contributed by atoms with Gasteiger partial charge in [-0.25, -0.2) is 0 Å². The maximum Gasteiger partial charge on any atom is 0.224 e. The molecule has 1 heterocycles. The molecular weight excluding hydrogens is 264 g/mol. The van der Waals surface area contributed by atoms with Crippen molar-refractivity contribution in [3.05, 3.63) is 29.3 Å². The number of aryl methyl sites for hydroxylation is 1. The molecule has 1 aliphatic rings. The predicted octanol–water partition coefficient (Wildman–Crippen LogP) is 1.65. The molecule has 1 atom stereocenters. The Morgan fingerprint density at radius 1 is 1.53 bits per heavy atom. The van der Waals surface area contributed by atoms with Crippen molar-refractivity contribution < 1.29 is 9.53 Å². The second-order valence-electron chi connectivity index (χ2n) is 4.71. The monoisotopic (exact) mass is 284 g/mol. The maximum atomic E-state index is 11.9. The fourth-order valence-corrected chi connectivity index (χ4v) is 2.19. The molecular formula is C14H21ClN2O2. The Morgan fingerprint density at radius 2 is 2.32 bits per heavy atom. The number of amides is 1. The fourth-order valence-electron chi connectivity index (χ4n) is 2.19. The zero-order valence-corrected chi connectivity index (χ0v) is 12.2. The van der Waals surface area contributed by atoms with Crippen molar-refractivity contribution in [1.29, 1.82) is 0 Å². The molecule has 0 bridgehead atoms. The number of carbonyl (C=O) groups excluding carboxylic acids is 1. The van der Waals surface area contributed by atoms with Crippen molar-refractivity contribution in [2.24, 2.45) is 5.92 Å². The summed E-state index contributed by atoms with van der Waals surface area (Å²) in [6, 6.07) is 6.00. The van der Waals surface area contributed by atoms with E-state index >= 15 is 0 Å². The molecule has 0 aliphatic carbocycles. The third-order valence-electron chi connectivity index (χ3n) is 3.37. The number of rotatable bonds is 4. The van der Waals surface area contributed by atoms with Gasteiger partial charge in [-0.3, -0.25) is 4.79 Å². The van der Waals surface area contributed by atoms with Crippen LogP contribution >= 0.6 is 12.4 Å². The summed E-state index contributed by atoms with van der Waals surface area (Å²) in [6.07, 6.45) is 0.934. The topological polar surface area (TPSA) is 50.4 Å². The maximum absolute atomic E-state index is 11.9. The molecule has 1 unspecified atom stereocenters. The SMILES string of the molecule is COc1cc(CNC(=O)C2CCNC2)ccc1C.Cl. The number of ether oxygens (including phenoxy) is 1. The van der Waals surface area contributed by atoms with E-state index in [4.69, 9.17) is 4.74 Å². The number of hydrogen-bond donors (Lipinski definition) is 2. The van der Waals surface area contributed by atoms with Crippen LogP contribution < -0.4 is 15.4 Å². The summed E-state index contributed by atoms with van der Waals surface area (Å²) < 4.78 is 5.27. The van der Waals surface area contributed by atoms with Crippen molar-refractivity contribution in [3.8, 4) is 5.75 Å². The number of carbonyl (C=O) groups is 1. The van der Waals surface area contributed by atoms with Crippen LogP contribution in [0.2, 0.25) is 0 Å². The van der Waals surface area contributed by atoms with Crippen molar-refractivity contribution in [2.45, 2.75) is 19.9 Å². The van der Waals surface area contributed by atoms with Crippen LogP contribution in [0.4, 0.5) is 0 Å². The van der Waals surface area contributed by atoms with E-state index in [2.05, 4.69) is 10.6 Å². The van der Waals surface area contributed by atoms with Crippen LogP contribution in [-0.2, 0) is 11.3 Å². The lowest BCUT2D eigenvalue weighted by atomic mass is 10.1. The zero-order valence-electron chi connectivity index (χ0n) is 11.4. The summed E-state index contributed by atoms with van der Waals surface area (Å²) in [6.45, 7) is 4.30. The van der Waals surface area contributed by atoms with E-state index in [1.165, 1.54) is 0 Å². The average molecular weight is 285 g/mol. The van der Waals surface area contributed by atoms with Crippen LogP contribution in [0.5, 0.6) is 5.75 Å². The molecule has 1 saturated heterocycles.